The van der Waals surface area contributed by atoms with Crippen molar-refractivity contribution in [2.75, 3.05) is 31.2 Å². The summed E-state index contributed by atoms with van der Waals surface area (Å²) in [7, 11) is -3.36. The predicted octanol–water partition coefficient (Wildman–Crippen LogP) is 3.34. The lowest BCUT2D eigenvalue weighted by Crippen LogP contribution is -2.36. The van der Waals surface area contributed by atoms with Crippen LogP contribution >= 0.6 is 23.6 Å². The number of benzene rings is 1. The quantitative estimate of drug-likeness (QED) is 0.651. The monoisotopic (exact) mass is 357 g/mol. The summed E-state index contributed by atoms with van der Waals surface area (Å²) in [6.07, 6.45) is 0. The van der Waals surface area contributed by atoms with E-state index in [-0.39, 0.29) is 0 Å². The third-order valence-corrected chi connectivity index (χ3v) is 6.70. The molecule has 8 heteroatoms. The van der Waals surface area contributed by atoms with Crippen LogP contribution in [-0.2, 0) is 19.2 Å². The SMILES string of the molecule is Cc1ccc([S+](=O)(O)c2[nH]c(=S)sc2N2CCOCC2)cc1. The van der Waals surface area contributed by atoms with Gasteiger partial charge in [-0.15, -0.1) is 0 Å². The van der Waals surface area contributed by atoms with Crippen molar-refractivity contribution in [3.05, 3.63) is 33.8 Å². The van der Waals surface area contributed by atoms with E-state index in [9.17, 15) is 8.76 Å². The number of aryl methyl sites for hydroxylation is 1. The normalized spacial score (nSPS) is 18.2. The van der Waals surface area contributed by atoms with E-state index in [1.807, 2.05) is 19.1 Å². The molecular formula is C14H17N2O3S3+. The van der Waals surface area contributed by atoms with Gasteiger partial charge in [0, 0.05) is 13.1 Å². The van der Waals surface area contributed by atoms with E-state index < -0.39 is 10.2 Å². The van der Waals surface area contributed by atoms with Gasteiger partial charge in [0.15, 0.2) is 13.9 Å². The van der Waals surface area contributed by atoms with Gasteiger partial charge >= 0.3 is 15.2 Å². The molecule has 1 atom stereocenters. The summed E-state index contributed by atoms with van der Waals surface area (Å²) in [5.74, 6) is 0. The molecule has 0 saturated carbocycles. The fraction of sp³-hybridized carbons (Fsp3) is 0.357. The lowest BCUT2D eigenvalue weighted by atomic mass is 10.2. The number of H-pyrrole nitrogens is 1. The molecular weight excluding hydrogens is 340 g/mol. The Morgan fingerprint density at radius 1 is 1.32 bits per heavy atom. The molecule has 2 aromatic rings. The van der Waals surface area contributed by atoms with Crippen LogP contribution in [0.4, 0.5) is 5.00 Å². The summed E-state index contributed by atoms with van der Waals surface area (Å²) >= 11 is 6.53. The van der Waals surface area contributed by atoms with E-state index in [2.05, 4.69) is 9.88 Å². The number of nitrogens with one attached hydrogen (secondary N) is 1. The molecule has 1 unspecified atom stereocenters. The summed E-state index contributed by atoms with van der Waals surface area (Å²) in [5.41, 5.74) is 1.05. The Morgan fingerprint density at radius 3 is 2.59 bits per heavy atom. The Bertz CT molecular complexity index is 760. The van der Waals surface area contributed by atoms with E-state index in [4.69, 9.17) is 17.0 Å². The highest BCUT2D eigenvalue weighted by Gasteiger charge is 2.39. The second kappa shape index (κ2) is 6.21. The van der Waals surface area contributed by atoms with Crippen molar-refractivity contribution in [2.24, 2.45) is 0 Å². The fourth-order valence-corrected chi connectivity index (χ4v) is 5.37. The maximum absolute atomic E-state index is 13.0. The van der Waals surface area contributed by atoms with Gasteiger partial charge in [0.05, 0.1) is 13.2 Å². The Kier molecular flexibility index (Phi) is 4.47. The molecule has 0 amide bonds. The van der Waals surface area contributed by atoms with Gasteiger partial charge in [-0.25, -0.2) is 0 Å². The number of hydrogen-bond acceptors (Lipinski definition) is 5. The van der Waals surface area contributed by atoms with Gasteiger partial charge in [-0.1, -0.05) is 33.2 Å². The molecule has 1 aromatic heterocycles. The molecule has 0 aliphatic carbocycles. The third-order valence-electron chi connectivity index (χ3n) is 3.51. The van der Waals surface area contributed by atoms with Gasteiger partial charge in [-0.2, -0.15) is 4.55 Å². The van der Waals surface area contributed by atoms with Gasteiger partial charge in [-0.05, 0) is 31.3 Å². The van der Waals surface area contributed by atoms with Crippen LogP contribution in [-0.4, -0.2) is 35.8 Å². The second-order valence-electron chi connectivity index (χ2n) is 5.09. The van der Waals surface area contributed by atoms with Crippen LogP contribution in [0.3, 0.4) is 0 Å². The third kappa shape index (κ3) is 3.02. The number of aromatic amines is 1. The Balaban J connectivity index is 2.05. The molecule has 0 bridgehead atoms. The van der Waals surface area contributed by atoms with Crippen LogP contribution in [0, 0.1) is 10.9 Å². The van der Waals surface area contributed by atoms with Gasteiger partial charge in [0.25, 0.3) is 0 Å². The summed E-state index contributed by atoms with van der Waals surface area (Å²) < 4.78 is 29.5. The van der Waals surface area contributed by atoms with Gasteiger partial charge in [0.2, 0.25) is 0 Å². The summed E-state index contributed by atoms with van der Waals surface area (Å²) in [4.78, 5) is 5.36. The van der Waals surface area contributed by atoms with Crippen molar-refractivity contribution in [3.63, 3.8) is 0 Å². The first kappa shape index (κ1) is 15.8. The standard InChI is InChI=1S/C14H16N2O3S3/c1-10-2-4-11(5-3-10)22(17,18)12-13(21-14(20)15-12)16-6-8-19-9-7-16/h2-5H,6-9H2,1H3,(H-,15,17,18,20)/p+1. The van der Waals surface area contributed by atoms with E-state index >= 15 is 0 Å². The fourth-order valence-electron chi connectivity index (χ4n) is 2.31. The van der Waals surface area contributed by atoms with Crippen molar-refractivity contribution in [3.8, 4) is 0 Å². The molecule has 0 radical (unpaired) electrons. The summed E-state index contributed by atoms with van der Waals surface area (Å²) in [6, 6.07) is 7.05. The van der Waals surface area contributed by atoms with E-state index in [1.165, 1.54) is 11.3 Å². The van der Waals surface area contributed by atoms with Gasteiger partial charge in [-0.3, -0.25) is 4.98 Å². The minimum absolute atomic E-state index is 0.299. The van der Waals surface area contributed by atoms with Gasteiger partial charge in [0.1, 0.15) is 0 Å². The van der Waals surface area contributed by atoms with Crippen LogP contribution < -0.4 is 4.90 Å². The maximum Gasteiger partial charge on any atom is 0.301 e. The van der Waals surface area contributed by atoms with Crippen molar-refractivity contribution < 1.29 is 13.5 Å². The molecule has 1 saturated heterocycles. The molecule has 2 N–H and O–H groups in total. The number of nitrogens with zero attached hydrogens (tertiary/aromatic N) is 1. The number of hydrogen-bond donors (Lipinski definition) is 2. The molecule has 1 fully saturated rings. The number of rotatable bonds is 3. The molecule has 22 heavy (non-hydrogen) atoms. The van der Waals surface area contributed by atoms with Crippen LogP contribution in [0.1, 0.15) is 5.56 Å². The van der Waals surface area contributed by atoms with Crippen molar-refractivity contribution in [1.82, 2.24) is 4.98 Å². The molecule has 118 valence electrons. The van der Waals surface area contributed by atoms with Crippen molar-refractivity contribution in [1.29, 1.82) is 0 Å². The van der Waals surface area contributed by atoms with E-state index in [0.29, 0.717) is 40.2 Å². The summed E-state index contributed by atoms with van der Waals surface area (Å²) in [5, 5.41) is 1.04. The zero-order valence-corrected chi connectivity index (χ0v) is 14.5. The van der Waals surface area contributed by atoms with Crippen LogP contribution in [0.15, 0.2) is 34.2 Å². The smallest absolute Gasteiger partial charge is 0.301 e. The Morgan fingerprint density at radius 2 is 1.95 bits per heavy atom. The first-order valence-electron chi connectivity index (χ1n) is 6.87. The number of thiazole rings is 1. The summed E-state index contributed by atoms with van der Waals surface area (Å²) in [6.45, 7) is 4.56. The lowest BCUT2D eigenvalue weighted by molar-refractivity contribution is 0.122. The average Bonchev–Trinajstić information content (AvgIpc) is 2.91. The second-order valence-corrected chi connectivity index (χ2v) is 8.68. The molecule has 2 heterocycles. The number of ether oxygens (including phenoxy) is 1. The minimum Gasteiger partial charge on any atom is -0.378 e. The van der Waals surface area contributed by atoms with Crippen LogP contribution in [0.5, 0.6) is 0 Å². The minimum atomic E-state index is -3.36. The van der Waals surface area contributed by atoms with E-state index in [0.717, 1.165) is 10.6 Å². The molecule has 0 spiro atoms. The molecule has 3 rings (SSSR count). The van der Waals surface area contributed by atoms with Crippen LogP contribution in [0.2, 0.25) is 0 Å². The lowest BCUT2D eigenvalue weighted by Gasteiger charge is -2.27. The predicted molar refractivity (Wildman–Crippen MR) is 90.9 cm³/mol. The van der Waals surface area contributed by atoms with E-state index in [1.54, 1.807) is 12.1 Å². The Labute approximate surface area is 139 Å². The molecule has 1 aliphatic rings. The number of anilines is 1. The molecule has 1 aliphatic heterocycles. The van der Waals surface area contributed by atoms with Crippen molar-refractivity contribution >= 4 is 38.8 Å². The van der Waals surface area contributed by atoms with Crippen LogP contribution in [0.25, 0.3) is 0 Å². The highest BCUT2D eigenvalue weighted by Crippen LogP contribution is 2.37. The zero-order chi connectivity index (χ0) is 15.7. The number of aromatic nitrogens is 1. The maximum atomic E-state index is 13.0. The topological polar surface area (TPSA) is 65.6 Å². The molecule has 1 aromatic carbocycles. The first-order valence-corrected chi connectivity index (χ1v) is 9.61. The van der Waals surface area contributed by atoms with Gasteiger partial charge < -0.3 is 9.64 Å². The Hall–Kier alpha value is -1.06. The first-order chi connectivity index (χ1) is 10.5. The largest absolute Gasteiger partial charge is 0.378 e. The molecule has 5 nitrogen and oxygen atoms in total. The highest BCUT2D eigenvalue weighted by atomic mass is 32.3. The highest BCUT2D eigenvalue weighted by molar-refractivity contribution is 7.98. The van der Waals surface area contributed by atoms with Crippen molar-refractivity contribution in [2.45, 2.75) is 16.8 Å². The zero-order valence-electron chi connectivity index (χ0n) is 12.1. The average molecular weight is 358 g/mol. The number of morpholine rings is 1.